The molecule has 1 aromatic heterocycles. The number of hydrogen-bond acceptors (Lipinski definition) is 5. The number of H-pyrrole nitrogens is 1. The summed E-state index contributed by atoms with van der Waals surface area (Å²) in [6.45, 7) is 2.13. The molecule has 2 fully saturated rings. The number of aliphatic hydroxyl groups excluding tert-OH is 1. The zero-order valence-corrected chi connectivity index (χ0v) is 16.6. The summed E-state index contributed by atoms with van der Waals surface area (Å²) in [6.07, 6.45) is 2.02. The molecule has 0 spiro atoms. The molecular weight excluding hydrogens is 382 g/mol. The minimum atomic E-state index is -0.570. The van der Waals surface area contributed by atoms with Crippen molar-refractivity contribution in [2.45, 2.75) is 36.8 Å². The first kappa shape index (κ1) is 19.1. The summed E-state index contributed by atoms with van der Waals surface area (Å²) in [5.74, 6) is -0.491. The van der Waals surface area contributed by atoms with Crippen LogP contribution in [0.4, 0.5) is 0 Å². The summed E-state index contributed by atoms with van der Waals surface area (Å²) < 4.78 is 5.08. The fourth-order valence-electron chi connectivity index (χ4n) is 4.47. The van der Waals surface area contributed by atoms with Gasteiger partial charge in [0.25, 0.3) is 0 Å². The topological polar surface area (TPSA) is 98.6 Å². The highest BCUT2D eigenvalue weighted by Crippen LogP contribution is 2.49. The number of fused-ring (bicyclic) bond motifs is 1. The fourth-order valence-corrected chi connectivity index (χ4v) is 4.47. The van der Waals surface area contributed by atoms with Gasteiger partial charge in [0.2, 0.25) is 5.91 Å². The minimum absolute atomic E-state index is 0.00119. The van der Waals surface area contributed by atoms with Crippen molar-refractivity contribution in [3.05, 3.63) is 70.2 Å². The maximum atomic E-state index is 13.4. The first-order valence-corrected chi connectivity index (χ1v) is 10.4. The summed E-state index contributed by atoms with van der Waals surface area (Å²) in [4.78, 5) is 29.8. The van der Waals surface area contributed by atoms with Gasteiger partial charge in [-0.15, -0.1) is 0 Å². The van der Waals surface area contributed by atoms with E-state index in [2.05, 4.69) is 15.2 Å². The standard InChI is InChI=1S/C23H25N3O4/c27-17-8-11-26(13-17)14-19(15-4-2-1-3-5-15)24-21(28)23(9-10-23)16-6-7-20-18(12-16)25-22(29)30-20/h1-7,12,17,19,27H,8-11,13-14H2,(H,24,28)(H,25,29)/t17?,19-/m1/s1. The van der Waals surface area contributed by atoms with Crippen LogP contribution >= 0.6 is 0 Å². The van der Waals surface area contributed by atoms with E-state index in [0.29, 0.717) is 24.2 Å². The zero-order chi connectivity index (χ0) is 20.7. The zero-order valence-electron chi connectivity index (χ0n) is 16.6. The predicted molar refractivity (Wildman–Crippen MR) is 112 cm³/mol. The SMILES string of the molecule is O=C(N[C@H](CN1CCC(O)C1)c1ccccc1)C1(c2ccc3oc(=O)[nH]c3c2)CC1. The number of rotatable bonds is 6. The average Bonchev–Trinajstić information content (AvgIpc) is 3.33. The molecule has 1 amide bonds. The first-order chi connectivity index (χ1) is 14.5. The van der Waals surface area contributed by atoms with Crippen LogP contribution in [0.3, 0.4) is 0 Å². The van der Waals surface area contributed by atoms with E-state index in [0.717, 1.165) is 36.9 Å². The van der Waals surface area contributed by atoms with Crippen LogP contribution in [0.15, 0.2) is 57.7 Å². The van der Waals surface area contributed by atoms with Crippen LogP contribution in [0.2, 0.25) is 0 Å². The van der Waals surface area contributed by atoms with Crippen LogP contribution in [0, 0.1) is 0 Å². The van der Waals surface area contributed by atoms with E-state index in [4.69, 9.17) is 4.42 Å². The number of benzene rings is 2. The molecule has 0 radical (unpaired) electrons. The van der Waals surface area contributed by atoms with Gasteiger partial charge in [0.1, 0.15) is 0 Å². The van der Waals surface area contributed by atoms with Gasteiger partial charge in [-0.2, -0.15) is 0 Å². The molecule has 2 heterocycles. The molecule has 2 aliphatic rings. The average molecular weight is 407 g/mol. The maximum absolute atomic E-state index is 13.4. The van der Waals surface area contributed by atoms with Gasteiger partial charge < -0.3 is 14.8 Å². The molecule has 3 aromatic rings. The van der Waals surface area contributed by atoms with Gasteiger partial charge in [0.15, 0.2) is 5.58 Å². The Kier molecular flexibility index (Phi) is 4.72. The highest BCUT2D eigenvalue weighted by atomic mass is 16.4. The Bertz CT molecular complexity index is 1120. The number of aliphatic hydroxyl groups is 1. The number of aromatic amines is 1. The molecule has 30 heavy (non-hydrogen) atoms. The molecule has 1 unspecified atom stereocenters. The maximum Gasteiger partial charge on any atom is 0.417 e. The minimum Gasteiger partial charge on any atom is -0.408 e. The number of β-amino-alcohol motifs (C(OH)–C–C–N with tert-alkyl or cyclic N) is 1. The number of carbonyl (C=O) groups excluding carboxylic acids is 1. The first-order valence-electron chi connectivity index (χ1n) is 10.4. The number of oxazole rings is 1. The summed E-state index contributed by atoms with van der Waals surface area (Å²) in [6, 6.07) is 15.3. The normalized spacial score (nSPS) is 21.6. The monoisotopic (exact) mass is 407 g/mol. The quantitative estimate of drug-likeness (QED) is 0.581. The summed E-state index contributed by atoms with van der Waals surface area (Å²) >= 11 is 0. The van der Waals surface area contributed by atoms with Gasteiger partial charge >= 0.3 is 5.76 Å². The molecule has 1 saturated heterocycles. The van der Waals surface area contributed by atoms with Crippen molar-refractivity contribution in [3.63, 3.8) is 0 Å². The molecular formula is C23H25N3O4. The Morgan fingerprint density at radius 1 is 1.27 bits per heavy atom. The molecule has 3 N–H and O–H groups in total. The fraction of sp³-hybridized carbons (Fsp3) is 0.391. The molecule has 1 aliphatic carbocycles. The van der Waals surface area contributed by atoms with E-state index < -0.39 is 11.2 Å². The Balaban J connectivity index is 1.39. The second kappa shape index (κ2) is 7.41. The van der Waals surface area contributed by atoms with Crippen molar-refractivity contribution in [2.24, 2.45) is 0 Å². The summed E-state index contributed by atoms with van der Waals surface area (Å²) in [5, 5.41) is 13.2. The van der Waals surface area contributed by atoms with Crippen LogP contribution in [0.5, 0.6) is 0 Å². The lowest BCUT2D eigenvalue weighted by Crippen LogP contribution is -2.42. The van der Waals surface area contributed by atoms with Crippen LogP contribution in [0.1, 0.15) is 36.4 Å². The lowest BCUT2D eigenvalue weighted by atomic mass is 9.93. The second-order valence-corrected chi connectivity index (χ2v) is 8.45. The number of carbonyl (C=O) groups is 1. The Hall–Kier alpha value is -2.90. The summed E-state index contributed by atoms with van der Waals surface area (Å²) in [5.41, 5.74) is 2.49. The third-order valence-electron chi connectivity index (χ3n) is 6.35. The third kappa shape index (κ3) is 3.55. The van der Waals surface area contributed by atoms with Crippen LogP contribution < -0.4 is 11.1 Å². The molecule has 2 aromatic carbocycles. The van der Waals surface area contributed by atoms with Gasteiger partial charge in [-0.05, 0) is 42.5 Å². The summed E-state index contributed by atoms with van der Waals surface area (Å²) in [7, 11) is 0. The van der Waals surface area contributed by atoms with E-state index in [-0.39, 0.29) is 18.1 Å². The van der Waals surface area contributed by atoms with Crippen LogP contribution in [-0.2, 0) is 10.2 Å². The lowest BCUT2D eigenvalue weighted by Gasteiger charge is -2.27. The highest BCUT2D eigenvalue weighted by molar-refractivity contribution is 5.92. The van der Waals surface area contributed by atoms with E-state index in [1.54, 1.807) is 6.07 Å². The number of nitrogens with zero attached hydrogens (tertiary/aromatic N) is 1. The number of nitrogens with one attached hydrogen (secondary N) is 2. The van der Waals surface area contributed by atoms with Crippen LogP contribution in [0.25, 0.3) is 11.1 Å². The lowest BCUT2D eigenvalue weighted by molar-refractivity contribution is -0.124. The molecule has 2 atom stereocenters. The largest absolute Gasteiger partial charge is 0.417 e. The molecule has 156 valence electrons. The predicted octanol–water partition coefficient (Wildman–Crippen LogP) is 2.08. The molecule has 0 bridgehead atoms. The number of amides is 1. The van der Waals surface area contributed by atoms with Gasteiger partial charge in [-0.1, -0.05) is 36.4 Å². The van der Waals surface area contributed by atoms with E-state index in [1.165, 1.54) is 0 Å². The van der Waals surface area contributed by atoms with Gasteiger partial charge in [-0.3, -0.25) is 14.7 Å². The second-order valence-electron chi connectivity index (χ2n) is 8.45. The molecule has 1 saturated carbocycles. The van der Waals surface area contributed by atoms with Crippen molar-refractivity contribution in [2.75, 3.05) is 19.6 Å². The highest BCUT2D eigenvalue weighted by Gasteiger charge is 2.52. The molecule has 5 rings (SSSR count). The number of hydrogen-bond donors (Lipinski definition) is 3. The van der Waals surface area contributed by atoms with Gasteiger partial charge in [0, 0.05) is 19.6 Å². The number of likely N-dealkylation sites (tertiary alicyclic amines) is 1. The van der Waals surface area contributed by atoms with E-state index in [1.807, 2.05) is 42.5 Å². The van der Waals surface area contributed by atoms with E-state index >= 15 is 0 Å². The van der Waals surface area contributed by atoms with Crippen molar-refractivity contribution >= 4 is 17.0 Å². The number of aromatic nitrogens is 1. The smallest absolute Gasteiger partial charge is 0.408 e. The molecule has 7 heteroatoms. The van der Waals surface area contributed by atoms with Gasteiger partial charge in [0.05, 0.1) is 23.1 Å². The van der Waals surface area contributed by atoms with Crippen molar-refractivity contribution in [3.8, 4) is 0 Å². The van der Waals surface area contributed by atoms with Gasteiger partial charge in [-0.25, -0.2) is 4.79 Å². The van der Waals surface area contributed by atoms with Crippen molar-refractivity contribution < 1.29 is 14.3 Å². The Morgan fingerprint density at radius 3 is 2.77 bits per heavy atom. The van der Waals surface area contributed by atoms with E-state index in [9.17, 15) is 14.7 Å². The van der Waals surface area contributed by atoms with Crippen LogP contribution in [-0.4, -0.2) is 46.6 Å². The third-order valence-corrected chi connectivity index (χ3v) is 6.35. The Morgan fingerprint density at radius 2 is 2.07 bits per heavy atom. The van der Waals surface area contributed by atoms with Crippen molar-refractivity contribution in [1.82, 2.24) is 15.2 Å². The molecule has 7 nitrogen and oxygen atoms in total. The Labute approximate surface area is 173 Å². The van der Waals surface area contributed by atoms with Crippen molar-refractivity contribution in [1.29, 1.82) is 0 Å². The molecule has 1 aliphatic heterocycles.